The van der Waals surface area contributed by atoms with Gasteiger partial charge in [-0.25, -0.2) is 0 Å². The van der Waals surface area contributed by atoms with E-state index in [0.29, 0.717) is 24.8 Å². The van der Waals surface area contributed by atoms with Crippen molar-refractivity contribution in [1.82, 2.24) is 15.4 Å². The minimum Gasteiger partial charge on any atom is -0.487 e. The molecular formula is C7H11N3O2. The topological polar surface area (TPSA) is 57.1 Å². The highest BCUT2D eigenvalue weighted by Gasteiger charge is 2.05. The monoisotopic (exact) mass is 169 g/mol. The van der Waals surface area contributed by atoms with Crippen molar-refractivity contribution < 1.29 is 9.47 Å². The largest absolute Gasteiger partial charge is 0.487 e. The van der Waals surface area contributed by atoms with Gasteiger partial charge in [-0.15, -0.1) is 5.10 Å². The van der Waals surface area contributed by atoms with Gasteiger partial charge in [0, 0.05) is 0 Å². The number of ether oxygens (including phenoxy) is 2. The highest BCUT2D eigenvalue weighted by molar-refractivity contribution is 5.28. The van der Waals surface area contributed by atoms with Gasteiger partial charge >= 0.3 is 0 Å². The van der Waals surface area contributed by atoms with Crippen molar-refractivity contribution in [3.8, 4) is 11.6 Å². The summed E-state index contributed by atoms with van der Waals surface area (Å²) in [7, 11) is 0. The number of rotatable bonds is 4. The molecule has 1 rings (SSSR count). The molecule has 5 heteroatoms. The molecule has 5 nitrogen and oxygen atoms in total. The molecule has 0 radical (unpaired) electrons. The fourth-order valence-electron chi connectivity index (χ4n) is 0.740. The molecule has 12 heavy (non-hydrogen) atoms. The zero-order valence-corrected chi connectivity index (χ0v) is 7.15. The van der Waals surface area contributed by atoms with Crippen LogP contribution in [-0.2, 0) is 0 Å². The van der Waals surface area contributed by atoms with E-state index in [1.165, 1.54) is 6.20 Å². The van der Waals surface area contributed by atoms with Gasteiger partial charge in [-0.05, 0) is 19.1 Å². The third-order valence-corrected chi connectivity index (χ3v) is 1.15. The minimum absolute atomic E-state index is 0.398. The van der Waals surface area contributed by atoms with E-state index in [0.717, 1.165) is 0 Å². The molecule has 0 N–H and O–H groups in total. The van der Waals surface area contributed by atoms with Gasteiger partial charge in [-0.3, -0.25) is 0 Å². The third kappa shape index (κ3) is 2.05. The van der Waals surface area contributed by atoms with Crippen LogP contribution in [0.15, 0.2) is 6.20 Å². The summed E-state index contributed by atoms with van der Waals surface area (Å²) >= 11 is 0. The van der Waals surface area contributed by atoms with Crippen molar-refractivity contribution in [2.75, 3.05) is 13.2 Å². The molecule has 0 amide bonds. The first kappa shape index (κ1) is 8.70. The maximum atomic E-state index is 5.20. The van der Waals surface area contributed by atoms with Gasteiger partial charge in [0.05, 0.1) is 19.4 Å². The van der Waals surface area contributed by atoms with Crippen molar-refractivity contribution in [3.63, 3.8) is 0 Å². The maximum Gasteiger partial charge on any atom is 0.279 e. The average molecular weight is 169 g/mol. The minimum atomic E-state index is 0.398. The van der Waals surface area contributed by atoms with Crippen molar-refractivity contribution in [2.24, 2.45) is 0 Å². The molecule has 1 heterocycles. The van der Waals surface area contributed by atoms with Crippen LogP contribution >= 0.6 is 0 Å². The maximum absolute atomic E-state index is 5.20. The van der Waals surface area contributed by atoms with Crippen molar-refractivity contribution in [1.29, 1.82) is 0 Å². The number of aromatic nitrogens is 3. The lowest BCUT2D eigenvalue weighted by molar-refractivity contribution is 0.271. The molecule has 0 aliphatic heterocycles. The Labute approximate surface area is 70.7 Å². The van der Waals surface area contributed by atoms with Crippen LogP contribution in [-0.4, -0.2) is 28.6 Å². The Kier molecular flexibility index (Phi) is 3.25. The second-order valence-electron chi connectivity index (χ2n) is 1.97. The lowest BCUT2D eigenvalue weighted by Gasteiger charge is -2.06. The Bertz CT molecular complexity index is 217. The zero-order chi connectivity index (χ0) is 8.81. The van der Waals surface area contributed by atoms with Crippen LogP contribution in [0.1, 0.15) is 13.8 Å². The van der Waals surface area contributed by atoms with Gasteiger partial charge in [0.15, 0.2) is 0 Å². The summed E-state index contributed by atoms with van der Waals surface area (Å²) in [5.74, 6) is 0.934. The number of hydrogen-bond acceptors (Lipinski definition) is 5. The smallest absolute Gasteiger partial charge is 0.279 e. The first-order chi connectivity index (χ1) is 5.88. The van der Waals surface area contributed by atoms with Crippen molar-refractivity contribution in [3.05, 3.63) is 6.20 Å². The predicted molar refractivity (Wildman–Crippen MR) is 42.2 cm³/mol. The van der Waals surface area contributed by atoms with E-state index in [-0.39, 0.29) is 0 Å². The summed E-state index contributed by atoms with van der Waals surface area (Å²) in [4.78, 5) is 0. The van der Waals surface area contributed by atoms with E-state index in [2.05, 4.69) is 15.4 Å². The molecule has 0 bridgehead atoms. The van der Waals surface area contributed by atoms with E-state index < -0.39 is 0 Å². The molecular weight excluding hydrogens is 158 g/mol. The highest BCUT2D eigenvalue weighted by Crippen LogP contribution is 2.20. The van der Waals surface area contributed by atoms with Crippen molar-refractivity contribution >= 4 is 0 Å². The first-order valence-corrected chi connectivity index (χ1v) is 3.82. The normalized spacial score (nSPS) is 9.50. The molecule has 1 aromatic rings. The van der Waals surface area contributed by atoms with Crippen LogP contribution in [0.5, 0.6) is 11.6 Å². The van der Waals surface area contributed by atoms with E-state index >= 15 is 0 Å². The number of nitrogens with zero attached hydrogens (tertiary/aromatic N) is 3. The second kappa shape index (κ2) is 4.48. The van der Waals surface area contributed by atoms with Gasteiger partial charge in [0.2, 0.25) is 5.75 Å². The van der Waals surface area contributed by atoms with Gasteiger partial charge in [0.25, 0.3) is 5.88 Å². The van der Waals surface area contributed by atoms with Crippen LogP contribution in [0.3, 0.4) is 0 Å². The van der Waals surface area contributed by atoms with Crippen LogP contribution in [0, 0.1) is 0 Å². The van der Waals surface area contributed by atoms with Gasteiger partial charge in [0.1, 0.15) is 0 Å². The molecule has 0 unspecified atom stereocenters. The second-order valence-corrected chi connectivity index (χ2v) is 1.97. The third-order valence-electron chi connectivity index (χ3n) is 1.15. The molecule has 0 aromatic carbocycles. The van der Waals surface area contributed by atoms with E-state index in [1.807, 2.05) is 13.8 Å². The predicted octanol–water partition coefficient (Wildman–Crippen LogP) is 0.669. The Balaban J connectivity index is 2.77. The van der Waals surface area contributed by atoms with Gasteiger partial charge in [-0.2, -0.15) is 0 Å². The fraction of sp³-hybridized carbons (Fsp3) is 0.571. The quantitative estimate of drug-likeness (QED) is 0.663. The summed E-state index contributed by atoms with van der Waals surface area (Å²) in [5, 5.41) is 10.7. The van der Waals surface area contributed by atoms with Crippen LogP contribution in [0.2, 0.25) is 0 Å². The van der Waals surface area contributed by atoms with E-state index in [9.17, 15) is 0 Å². The van der Waals surface area contributed by atoms with Crippen LogP contribution < -0.4 is 9.47 Å². The average Bonchev–Trinajstić information content (AvgIpc) is 2.09. The van der Waals surface area contributed by atoms with Crippen LogP contribution in [0.4, 0.5) is 0 Å². The Hall–Kier alpha value is -1.39. The summed E-state index contributed by atoms with van der Waals surface area (Å²) in [6, 6.07) is 0. The molecule has 1 aromatic heterocycles. The highest BCUT2D eigenvalue weighted by atomic mass is 16.5. The first-order valence-electron chi connectivity index (χ1n) is 3.82. The van der Waals surface area contributed by atoms with Gasteiger partial charge < -0.3 is 9.47 Å². The summed E-state index contributed by atoms with van der Waals surface area (Å²) in [5.41, 5.74) is 0. The van der Waals surface area contributed by atoms with E-state index in [4.69, 9.17) is 9.47 Å². The summed E-state index contributed by atoms with van der Waals surface area (Å²) < 4.78 is 10.4. The number of hydrogen-bond donors (Lipinski definition) is 0. The molecule has 0 aliphatic rings. The molecule has 0 atom stereocenters. The Morgan fingerprint density at radius 1 is 1.25 bits per heavy atom. The molecule has 0 fully saturated rings. The summed E-state index contributed by atoms with van der Waals surface area (Å²) in [6.07, 6.45) is 1.49. The molecule has 0 aliphatic carbocycles. The van der Waals surface area contributed by atoms with E-state index in [1.54, 1.807) is 0 Å². The van der Waals surface area contributed by atoms with Crippen LogP contribution in [0.25, 0.3) is 0 Å². The standard InChI is InChI=1S/C7H11N3O2/c1-3-11-6-5-8-10-9-7(6)12-4-2/h5H,3-4H2,1-2H3. The van der Waals surface area contributed by atoms with Gasteiger partial charge in [-0.1, -0.05) is 5.10 Å². The SMILES string of the molecule is CCOc1cnnnc1OCC. The Morgan fingerprint density at radius 3 is 2.67 bits per heavy atom. The molecule has 0 saturated heterocycles. The lowest BCUT2D eigenvalue weighted by Crippen LogP contribution is -2.02. The molecule has 0 saturated carbocycles. The van der Waals surface area contributed by atoms with Crippen molar-refractivity contribution in [2.45, 2.75) is 13.8 Å². The summed E-state index contributed by atoms with van der Waals surface area (Å²) in [6.45, 7) is 4.86. The molecule has 66 valence electrons. The Morgan fingerprint density at radius 2 is 2.00 bits per heavy atom. The molecule has 0 spiro atoms. The zero-order valence-electron chi connectivity index (χ0n) is 7.15. The fourth-order valence-corrected chi connectivity index (χ4v) is 0.740. The lowest BCUT2D eigenvalue weighted by atomic mass is 10.6.